The van der Waals surface area contributed by atoms with E-state index in [0.29, 0.717) is 28.5 Å². The minimum absolute atomic E-state index is 0.266. The van der Waals surface area contributed by atoms with Crippen LogP contribution in [-0.4, -0.2) is 42.2 Å². The Labute approximate surface area is 169 Å². The van der Waals surface area contributed by atoms with Crippen molar-refractivity contribution in [2.75, 3.05) is 26.6 Å². The second kappa shape index (κ2) is 8.64. The molecular weight excluding hydrogens is 372 g/mol. The van der Waals surface area contributed by atoms with Crippen LogP contribution in [0.15, 0.2) is 42.6 Å². The Morgan fingerprint density at radius 1 is 1.03 bits per heavy atom. The van der Waals surface area contributed by atoms with E-state index in [-0.39, 0.29) is 11.8 Å². The smallest absolute Gasteiger partial charge is 0.255 e. The fourth-order valence-corrected chi connectivity index (χ4v) is 2.97. The van der Waals surface area contributed by atoms with E-state index in [1.807, 2.05) is 24.3 Å². The van der Waals surface area contributed by atoms with Crippen LogP contribution in [-0.2, 0) is 0 Å². The lowest BCUT2D eigenvalue weighted by Gasteiger charge is -2.14. The summed E-state index contributed by atoms with van der Waals surface area (Å²) in [6.45, 7) is 4.15. The third kappa shape index (κ3) is 4.16. The lowest BCUT2D eigenvalue weighted by atomic mass is 10.1. The lowest BCUT2D eigenvalue weighted by Crippen LogP contribution is -2.13. The highest BCUT2D eigenvalue weighted by molar-refractivity contribution is 6.05. The summed E-state index contributed by atoms with van der Waals surface area (Å²) >= 11 is 0. The largest absolute Gasteiger partial charge is 0.493 e. The van der Waals surface area contributed by atoms with Gasteiger partial charge in [-0.2, -0.15) is 0 Å². The molecule has 1 N–H and O–H groups in total. The molecule has 3 rings (SSSR count). The number of carbonyl (C=O) groups is 1. The number of methoxy groups -OCH3 is 3. The van der Waals surface area contributed by atoms with E-state index in [4.69, 9.17) is 14.2 Å². The molecule has 0 atom stereocenters. The molecule has 152 valence electrons. The monoisotopic (exact) mass is 396 g/mol. The molecule has 0 saturated heterocycles. The summed E-state index contributed by atoms with van der Waals surface area (Å²) in [5.41, 5.74) is 2.81. The Balaban J connectivity index is 1.89. The molecule has 0 aliphatic heterocycles. The van der Waals surface area contributed by atoms with Crippen LogP contribution in [0.5, 0.6) is 17.2 Å². The summed E-state index contributed by atoms with van der Waals surface area (Å²) in [4.78, 5) is 12.8. The highest BCUT2D eigenvalue weighted by atomic mass is 16.5. The number of aromatic nitrogens is 3. The van der Waals surface area contributed by atoms with E-state index in [9.17, 15) is 4.79 Å². The maximum atomic E-state index is 12.8. The van der Waals surface area contributed by atoms with Crippen molar-refractivity contribution in [2.24, 2.45) is 0 Å². The van der Waals surface area contributed by atoms with Crippen LogP contribution in [0.25, 0.3) is 5.69 Å². The van der Waals surface area contributed by atoms with Crippen molar-refractivity contribution in [3.63, 3.8) is 0 Å². The summed E-state index contributed by atoms with van der Waals surface area (Å²) in [6, 6.07) is 10.6. The summed E-state index contributed by atoms with van der Waals surface area (Å²) in [5.74, 6) is 1.22. The molecule has 2 aromatic carbocycles. The van der Waals surface area contributed by atoms with E-state index < -0.39 is 0 Å². The summed E-state index contributed by atoms with van der Waals surface area (Å²) in [5, 5.41) is 11.1. The van der Waals surface area contributed by atoms with Gasteiger partial charge in [0.25, 0.3) is 5.91 Å². The third-order valence-corrected chi connectivity index (χ3v) is 4.44. The zero-order valence-corrected chi connectivity index (χ0v) is 17.1. The molecule has 0 fully saturated rings. The Morgan fingerprint density at radius 3 is 2.31 bits per heavy atom. The molecule has 0 bridgehead atoms. The van der Waals surface area contributed by atoms with Crippen molar-refractivity contribution in [1.29, 1.82) is 0 Å². The van der Waals surface area contributed by atoms with Gasteiger partial charge in [0, 0.05) is 11.3 Å². The van der Waals surface area contributed by atoms with Gasteiger partial charge in [-0.1, -0.05) is 25.1 Å². The van der Waals surface area contributed by atoms with Crippen molar-refractivity contribution in [2.45, 2.75) is 19.8 Å². The van der Waals surface area contributed by atoms with Gasteiger partial charge in [-0.05, 0) is 36.2 Å². The number of hydrogen-bond donors (Lipinski definition) is 1. The zero-order chi connectivity index (χ0) is 21.0. The number of hydrogen-bond acceptors (Lipinski definition) is 6. The molecule has 0 radical (unpaired) electrons. The zero-order valence-electron chi connectivity index (χ0n) is 17.1. The highest BCUT2D eigenvalue weighted by Crippen LogP contribution is 2.38. The lowest BCUT2D eigenvalue weighted by molar-refractivity contribution is 0.102. The molecule has 0 saturated carbocycles. The van der Waals surface area contributed by atoms with Crippen LogP contribution < -0.4 is 19.5 Å². The number of carbonyl (C=O) groups excluding carboxylic acids is 1. The van der Waals surface area contributed by atoms with Crippen molar-refractivity contribution in [1.82, 2.24) is 15.0 Å². The fourth-order valence-electron chi connectivity index (χ4n) is 2.97. The second-order valence-electron chi connectivity index (χ2n) is 6.64. The minimum Gasteiger partial charge on any atom is -0.493 e. The summed E-state index contributed by atoms with van der Waals surface area (Å²) < 4.78 is 17.7. The average Bonchev–Trinajstić information content (AvgIpc) is 3.23. The number of ether oxygens (including phenoxy) is 3. The molecule has 1 aromatic heterocycles. The number of amides is 1. The predicted octanol–water partition coefficient (Wildman–Crippen LogP) is 3.67. The normalized spacial score (nSPS) is 10.7. The van der Waals surface area contributed by atoms with E-state index in [2.05, 4.69) is 29.5 Å². The maximum Gasteiger partial charge on any atom is 0.255 e. The van der Waals surface area contributed by atoms with E-state index in [1.54, 1.807) is 23.0 Å². The van der Waals surface area contributed by atoms with Crippen molar-refractivity contribution in [3.8, 4) is 22.9 Å². The van der Waals surface area contributed by atoms with Gasteiger partial charge < -0.3 is 19.5 Å². The van der Waals surface area contributed by atoms with Crippen LogP contribution in [0, 0.1) is 0 Å². The van der Waals surface area contributed by atoms with Crippen molar-refractivity contribution < 1.29 is 19.0 Å². The van der Waals surface area contributed by atoms with Gasteiger partial charge in [-0.25, -0.2) is 4.68 Å². The molecule has 0 aliphatic rings. The van der Waals surface area contributed by atoms with Gasteiger partial charge in [0.15, 0.2) is 11.5 Å². The molecule has 1 amide bonds. The molecular formula is C21H24N4O4. The van der Waals surface area contributed by atoms with Gasteiger partial charge in [-0.3, -0.25) is 4.79 Å². The first-order valence-electron chi connectivity index (χ1n) is 9.10. The Morgan fingerprint density at radius 2 is 1.72 bits per heavy atom. The standard InChI is InChI=1S/C21H24N4O4/c1-13(2)17-12-22-24-25(17)16-8-6-7-15(11-16)23-21(26)14-9-18(27-3)20(29-5)19(10-14)28-4/h6-13H,1-5H3,(H,23,26). The minimum atomic E-state index is -0.302. The van der Waals surface area contributed by atoms with Crippen molar-refractivity contribution >= 4 is 11.6 Å². The third-order valence-electron chi connectivity index (χ3n) is 4.44. The molecule has 29 heavy (non-hydrogen) atoms. The van der Waals surface area contributed by atoms with Crippen LogP contribution in [0.1, 0.15) is 35.8 Å². The molecule has 0 unspecified atom stereocenters. The Hall–Kier alpha value is -3.55. The molecule has 8 nitrogen and oxygen atoms in total. The fraction of sp³-hybridized carbons (Fsp3) is 0.286. The maximum absolute atomic E-state index is 12.8. The number of rotatable bonds is 7. The van der Waals surface area contributed by atoms with Gasteiger partial charge in [-0.15, -0.1) is 5.10 Å². The van der Waals surface area contributed by atoms with Crippen LogP contribution in [0.3, 0.4) is 0 Å². The number of benzene rings is 2. The van der Waals surface area contributed by atoms with E-state index >= 15 is 0 Å². The first-order chi connectivity index (χ1) is 14.0. The number of nitrogens with one attached hydrogen (secondary N) is 1. The van der Waals surface area contributed by atoms with Crippen LogP contribution >= 0.6 is 0 Å². The summed E-state index contributed by atoms with van der Waals surface area (Å²) in [6.07, 6.45) is 1.74. The van der Waals surface area contributed by atoms with Gasteiger partial charge >= 0.3 is 0 Å². The summed E-state index contributed by atoms with van der Waals surface area (Å²) in [7, 11) is 4.53. The van der Waals surface area contributed by atoms with Gasteiger partial charge in [0.1, 0.15) is 0 Å². The highest BCUT2D eigenvalue weighted by Gasteiger charge is 2.17. The SMILES string of the molecule is COc1cc(C(=O)Nc2cccc(-n3nncc3C(C)C)c2)cc(OC)c1OC. The van der Waals surface area contributed by atoms with Crippen LogP contribution in [0.2, 0.25) is 0 Å². The number of nitrogens with zero attached hydrogens (tertiary/aromatic N) is 3. The van der Waals surface area contributed by atoms with Crippen LogP contribution in [0.4, 0.5) is 5.69 Å². The van der Waals surface area contributed by atoms with E-state index in [0.717, 1.165) is 11.4 Å². The van der Waals surface area contributed by atoms with Gasteiger partial charge in [0.05, 0.1) is 38.9 Å². The molecule has 1 heterocycles. The Bertz CT molecular complexity index is 988. The van der Waals surface area contributed by atoms with E-state index in [1.165, 1.54) is 21.3 Å². The second-order valence-corrected chi connectivity index (χ2v) is 6.64. The number of anilines is 1. The first kappa shape index (κ1) is 20.2. The average molecular weight is 396 g/mol. The first-order valence-corrected chi connectivity index (χ1v) is 9.10. The molecule has 8 heteroatoms. The molecule has 0 aliphatic carbocycles. The predicted molar refractivity (Wildman–Crippen MR) is 109 cm³/mol. The molecule has 0 spiro atoms. The Kier molecular flexibility index (Phi) is 6.01. The van der Waals surface area contributed by atoms with Crippen molar-refractivity contribution in [3.05, 3.63) is 53.9 Å². The molecule has 3 aromatic rings. The van der Waals surface area contributed by atoms with Gasteiger partial charge in [0.2, 0.25) is 5.75 Å². The quantitative estimate of drug-likeness (QED) is 0.656. The topological polar surface area (TPSA) is 87.5 Å².